The molecule has 2 rings (SSSR count). The maximum absolute atomic E-state index is 12.9. The van der Waals surface area contributed by atoms with Crippen LogP contribution < -0.4 is 0 Å². The van der Waals surface area contributed by atoms with Gasteiger partial charge in [0.05, 0.1) is 46.1 Å². The normalized spacial score (nSPS) is 20.2. The summed E-state index contributed by atoms with van der Waals surface area (Å²) in [6.07, 6.45) is 21.6. The smallest absolute Gasteiger partial charge is 0.466 e. The Balaban J connectivity index is 1.78. The summed E-state index contributed by atoms with van der Waals surface area (Å²) in [5.74, 6) is 0.801. The van der Waals surface area contributed by atoms with Crippen LogP contribution in [0.5, 0.6) is 0 Å². The van der Waals surface area contributed by atoms with Gasteiger partial charge < -0.3 is 38.6 Å². The molecule has 0 aromatic carbocycles. The molecule has 62 heavy (non-hydrogen) atoms. The summed E-state index contributed by atoms with van der Waals surface area (Å²) in [6, 6.07) is 0. The number of ether oxygens (including phenoxy) is 2. The molecule has 0 aliphatic heterocycles. The van der Waals surface area contributed by atoms with Crippen molar-refractivity contribution in [3.63, 3.8) is 0 Å². The first-order chi connectivity index (χ1) is 29.5. The highest BCUT2D eigenvalue weighted by molar-refractivity contribution is 7.47. The molecular weight excluding hydrogens is 813 g/mol. The first-order valence-corrected chi connectivity index (χ1v) is 25.2. The fraction of sp³-hybridized carbons (Fsp3) is 0.792. The standard InChI is InChI=1S/C48H84NO12P/c1-8-10-18-24-39(50)30-31-42-41(43(51)34-44(42)52)25-20-16-17-23-29-48(54)60-40(36-59-62(55,56)58-33-32-49(5,6)7)35-57-47(53)28-22-15-13-12-14-21-27-46-38(4)37(3)45(61-46)26-19-11-9-2/h16,20,30-31,39-44,50-52H,8-15,17-19,21-29,32-36H2,1-7H3/p+1/b20-16+,31-30+/t39-,40+,41+,42+,43-,44+/m0/s1. The molecule has 1 aliphatic rings. The van der Waals surface area contributed by atoms with Crippen molar-refractivity contribution < 1.29 is 61.8 Å². The van der Waals surface area contributed by atoms with E-state index in [1.54, 1.807) is 6.08 Å². The van der Waals surface area contributed by atoms with E-state index in [9.17, 15) is 34.4 Å². The van der Waals surface area contributed by atoms with Crippen molar-refractivity contribution in [2.75, 3.05) is 47.5 Å². The zero-order chi connectivity index (χ0) is 46.0. The number of likely N-dealkylation sites (N-methyl/N-ethyl adjacent to an activating group) is 1. The molecule has 0 spiro atoms. The molecule has 1 aliphatic carbocycles. The van der Waals surface area contributed by atoms with Gasteiger partial charge in [-0.2, -0.15) is 0 Å². The Labute approximate surface area is 373 Å². The minimum atomic E-state index is -4.46. The summed E-state index contributed by atoms with van der Waals surface area (Å²) >= 11 is 0. The molecule has 1 fully saturated rings. The van der Waals surface area contributed by atoms with Crippen LogP contribution in [-0.4, -0.2) is 109 Å². The number of carbonyl (C=O) groups is 2. The van der Waals surface area contributed by atoms with E-state index < -0.39 is 50.8 Å². The van der Waals surface area contributed by atoms with E-state index in [1.807, 2.05) is 39.4 Å². The number of unbranched alkanes of at least 4 members (excludes halogenated alkanes) is 10. The summed E-state index contributed by atoms with van der Waals surface area (Å²) in [5.41, 5.74) is 2.58. The summed E-state index contributed by atoms with van der Waals surface area (Å²) in [5, 5.41) is 31.4. The minimum absolute atomic E-state index is 0.0203. The molecule has 358 valence electrons. The zero-order valence-electron chi connectivity index (χ0n) is 39.4. The Morgan fingerprint density at radius 3 is 2.08 bits per heavy atom. The average molecular weight is 899 g/mol. The number of aliphatic hydroxyl groups is 3. The molecule has 1 heterocycles. The van der Waals surface area contributed by atoms with E-state index in [1.165, 1.54) is 24.0 Å². The van der Waals surface area contributed by atoms with E-state index in [0.29, 0.717) is 43.1 Å². The van der Waals surface area contributed by atoms with Crippen molar-refractivity contribution >= 4 is 19.8 Å². The summed E-state index contributed by atoms with van der Waals surface area (Å²) in [7, 11) is 1.30. The molecule has 13 nitrogen and oxygen atoms in total. The van der Waals surface area contributed by atoms with Crippen molar-refractivity contribution in [1.29, 1.82) is 0 Å². The monoisotopic (exact) mass is 899 g/mol. The fourth-order valence-corrected chi connectivity index (χ4v) is 8.40. The highest BCUT2D eigenvalue weighted by atomic mass is 31.2. The number of esters is 2. The van der Waals surface area contributed by atoms with E-state index in [0.717, 1.165) is 82.1 Å². The van der Waals surface area contributed by atoms with Gasteiger partial charge in [0.25, 0.3) is 0 Å². The Morgan fingerprint density at radius 2 is 1.42 bits per heavy atom. The average Bonchev–Trinajstić information content (AvgIpc) is 3.63. The Bertz CT molecular complexity index is 1500. The van der Waals surface area contributed by atoms with E-state index in [2.05, 4.69) is 27.7 Å². The highest BCUT2D eigenvalue weighted by Crippen LogP contribution is 2.43. The number of aryl methyl sites for hydroxylation is 2. The van der Waals surface area contributed by atoms with Crippen molar-refractivity contribution in [3.8, 4) is 0 Å². The number of quaternary nitrogens is 1. The molecule has 0 bridgehead atoms. The minimum Gasteiger partial charge on any atom is -0.466 e. The number of carbonyl (C=O) groups excluding carboxylic acids is 2. The number of phosphoric ester groups is 1. The molecular formula is C48H85NO12P+. The Hall–Kier alpha value is -2.35. The number of allylic oxidation sites excluding steroid dienone is 2. The van der Waals surface area contributed by atoms with Crippen molar-refractivity contribution in [3.05, 3.63) is 47.0 Å². The lowest BCUT2D eigenvalue weighted by Gasteiger charge is -2.24. The van der Waals surface area contributed by atoms with Crippen molar-refractivity contribution in [1.82, 2.24) is 0 Å². The first-order valence-electron chi connectivity index (χ1n) is 23.7. The largest absolute Gasteiger partial charge is 0.472 e. The number of rotatable bonds is 35. The second kappa shape index (κ2) is 30.7. The summed E-state index contributed by atoms with van der Waals surface area (Å²) in [6.45, 7) is 8.27. The van der Waals surface area contributed by atoms with Gasteiger partial charge in [0.15, 0.2) is 6.10 Å². The molecule has 4 N–H and O–H groups in total. The van der Waals surface area contributed by atoms with Crippen LogP contribution in [0.2, 0.25) is 0 Å². The number of furan rings is 1. The molecule has 0 amide bonds. The van der Waals surface area contributed by atoms with Crippen LogP contribution in [0.1, 0.15) is 158 Å². The maximum atomic E-state index is 12.9. The van der Waals surface area contributed by atoms with Gasteiger partial charge in [-0.05, 0) is 75.8 Å². The molecule has 0 saturated heterocycles. The van der Waals surface area contributed by atoms with Crippen LogP contribution in [0, 0.1) is 25.7 Å². The lowest BCUT2D eigenvalue weighted by atomic mass is 9.89. The van der Waals surface area contributed by atoms with Gasteiger partial charge in [0, 0.05) is 38.0 Å². The van der Waals surface area contributed by atoms with Crippen LogP contribution in [0.3, 0.4) is 0 Å². The highest BCUT2D eigenvalue weighted by Gasteiger charge is 2.39. The molecule has 1 aromatic heterocycles. The van der Waals surface area contributed by atoms with Gasteiger partial charge in [-0.1, -0.05) is 95.9 Å². The van der Waals surface area contributed by atoms with E-state index in [4.69, 9.17) is 22.9 Å². The fourth-order valence-electron chi connectivity index (χ4n) is 7.66. The van der Waals surface area contributed by atoms with Crippen LogP contribution in [0.4, 0.5) is 0 Å². The van der Waals surface area contributed by atoms with Crippen LogP contribution in [0.25, 0.3) is 0 Å². The summed E-state index contributed by atoms with van der Waals surface area (Å²) < 4.78 is 40.6. The Kier molecular flexibility index (Phi) is 27.6. The third-order valence-corrected chi connectivity index (χ3v) is 12.7. The summed E-state index contributed by atoms with van der Waals surface area (Å²) in [4.78, 5) is 35.8. The second-order valence-corrected chi connectivity index (χ2v) is 19.8. The van der Waals surface area contributed by atoms with Gasteiger partial charge in [0.1, 0.15) is 31.3 Å². The molecule has 1 unspecified atom stereocenters. The third-order valence-electron chi connectivity index (χ3n) is 11.8. The number of phosphoric acid groups is 1. The van der Waals surface area contributed by atoms with Gasteiger partial charge in [-0.25, -0.2) is 4.57 Å². The van der Waals surface area contributed by atoms with Crippen LogP contribution in [0.15, 0.2) is 28.7 Å². The van der Waals surface area contributed by atoms with Gasteiger partial charge in [-0.3, -0.25) is 18.6 Å². The zero-order valence-corrected chi connectivity index (χ0v) is 40.3. The Morgan fingerprint density at radius 1 is 0.806 bits per heavy atom. The predicted octanol–water partition coefficient (Wildman–Crippen LogP) is 9.17. The quantitative estimate of drug-likeness (QED) is 0.0167. The van der Waals surface area contributed by atoms with Crippen LogP contribution >= 0.6 is 7.82 Å². The van der Waals surface area contributed by atoms with Gasteiger partial charge in [0.2, 0.25) is 0 Å². The van der Waals surface area contributed by atoms with Gasteiger partial charge in [-0.15, -0.1) is 0 Å². The van der Waals surface area contributed by atoms with E-state index >= 15 is 0 Å². The number of hydrogen-bond donors (Lipinski definition) is 4. The predicted molar refractivity (Wildman–Crippen MR) is 243 cm³/mol. The van der Waals surface area contributed by atoms with Crippen molar-refractivity contribution in [2.45, 2.75) is 187 Å². The van der Waals surface area contributed by atoms with E-state index in [-0.39, 0.29) is 44.3 Å². The lowest BCUT2D eigenvalue weighted by molar-refractivity contribution is -0.870. The topological polar surface area (TPSA) is 182 Å². The molecule has 1 saturated carbocycles. The SMILES string of the molecule is CCCCCc1oc(CCCCCCCCC(=O)OC[C@H](COP(=O)(O)OCC[N+](C)(C)C)OC(=O)CCC/C=C/C[C@@H]2[C@@H](/C=C/[C@@H](O)CCCCC)[C@H](O)C[C@@H]2O)c(C)c1C. The molecule has 14 heteroatoms. The van der Waals surface area contributed by atoms with Gasteiger partial charge >= 0.3 is 19.8 Å². The third kappa shape index (κ3) is 24.1. The number of aliphatic hydroxyl groups excluding tert-OH is 3. The molecule has 7 atom stereocenters. The molecule has 0 radical (unpaired) electrons. The second-order valence-electron chi connectivity index (χ2n) is 18.3. The number of hydrogen-bond acceptors (Lipinski definition) is 11. The van der Waals surface area contributed by atoms with Crippen LogP contribution in [-0.2, 0) is 45.5 Å². The number of nitrogens with zero attached hydrogens (tertiary/aromatic N) is 1. The van der Waals surface area contributed by atoms with Crippen molar-refractivity contribution in [2.24, 2.45) is 11.8 Å². The lowest BCUT2D eigenvalue weighted by Crippen LogP contribution is -2.37. The molecule has 1 aromatic rings. The first kappa shape index (κ1) is 55.8. The maximum Gasteiger partial charge on any atom is 0.472 e.